The molecule has 0 aliphatic rings. The Bertz CT molecular complexity index is 676. The van der Waals surface area contributed by atoms with Gasteiger partial charge in [-0.25, -0.2) is 8.42 Å². The number of nitrogens with zero attached hydrogens (tertiary/aromatic N) is 2. The van der Waals surface area contributed by atoms with Crippen molar-refractivity contribution in [1.29, 1.82) is 0 Å². The number of sulfonamides is 1. The maximum atomic E-state index is 12.2. The van der Waals surface area contributed by atoms with Crippen LogP contribution in [0, 0.1) is 10.1 Å². The van der Waals surface area contributed by atoms with Crippen molar-refractivity contribution in [1.82, 2.24) is 0 Å². The summed E-state index contributed by atoms with van der Waals surface area (Å²) < 4.78 is 29.8. The van der Waals surface area contributed by atoms with Crippen LogP contribution in [0.5, 0.6) is 0 Å². The predicted molar refractivity (Wildman–Crippen MR) is 81.5 cm³/mol. The minimum absolute atomic E-state index is 0.0214. The van der Waals surface area contributed by atoms with E-state index in [-0.39, 0.29) is 28.8 Å². The molecule has 0 aliphatic carbocycles. The van der Waals surface area contributed by atoms with Crippen LogP contribution in [0.15, 0.2) is 18.2 Å². The molecule has 8 nitrogen and oxygen atoms in total. The number of carbonyl (C=O) groups excluding carboxylic acids is 1. The molecule has 0 aromatic heterocycles. The van der Waals surface area contributed by atoms with Gasteiger partial charge in [-0.2, -0.15) is 0 Å². The van der Waals surface area contributed by atoms with E-state index in [1.807, 2.05) is 0 Å². The van der Waals surface area contributed by atoms with Gasteiger partial charge in [0.25, 0.3) is 5.69 Å². The quantitative estimate of drug-likeness (QED) is 0.422. The summed E-state index contributed by atoms with van der Waals surface area (Å²) in [4.78, 5) is 21.8. The zero-order chi connectivity index (χ0) is 16.9. The zero-order valence-corrected chi connectivity index (χ0v) is 13.6. The Morgan fingerprint density at radius 1 is 1.41 bits per heavy atom. The Hall–Kier alpha value is -1.87. The fourth-order valence-electron chi connectivity index (χ4n) is 1.62. The highest BCUT2D eigenvalue weighted by atomic mass is 35.5. The number of ether oxygens (including phenoxy) is 1. The summed E-state index contributed by atoms with van der Waals surface area (Å²) in [5.74, 6) is -1.08. The van der Waals surface area contributed by atoms with Gasteiger partial charge in [0, 0.05) is 12.1 Å². The number of esters is 1. The summed E-state index contributed by atoms with van der Waals surface area (Å²) in [6, 6.07) is 3.36. The van der Waals surface area contributed by atoms with Gasteiger partial charge in [-0.3, -0.25) is 19.2 Å². The first kappa shape index (κ1) is 18.2. The molecule has 0 saturated carbocycles. The lowest BCUT2D eigenvalue weighted by Gasteiger charge is -2.23. The minimum Gasteiger partial charge on any atom is -0.465 e. The first-order valence-electron chi connectivity index (χ1n) is 6.32. The molecule has 0 spiro atoms. The fraction of sp³-hybridized carbons (Fsp3) is 0.417. The second-order valence-corrected chi connectivity index (χ2v) is 6.69. The van der Waals surface area contributed by atoms with E-state index < -0.39 is 27.5 Å². The summed E-state index contributed by atoms with van der Waals surface area (Å²) >= 11 is 5.94. The smallest absolute Gasteiger partial charge is 0.326 e. The number of nitro groups is 1. The van der Waals surface area contributed by atoms with Crippen LogP contribution in [0.3, 0.4) is 0 Å². The molecule has 0 unspecified atom stereocenters. The number of benzene rings is 1. The number of nitro benzene ring substituents is 1. The summed E-state index contributed by atoms with van der Waals surface area (Å²) in [6.07, 6.45) is 0. The van der Waals surface area contributed by atoms with E-state index in [9.17, 15) is 23.3 Å². The fourth-order valence-corrected chi connectivity index (χ4v) is 2.95. The normalized spacial score (nSPS) is 11.0. The molecule has 0 amide bonds. The minimum atomic E-state index is -3.87. The van der Waals surface area contributed by atoms with Crippen LogP contribution in [-0.2, 0) is 19.6 Å². The molecule has 0 atom stereocenters. The van der Waals surface area contributed by atoms with Crippen LogP contribution in [-0.4, -0.2) is 38.2 Å². The largest absolute Gasteiger partial charge is 0.465 e. The molecule has 0 aliphatic heterocycles. The van der Waals surface area contributed by atoms with Gasteiger partial charge in [0.15, 0.2) is 0 Å². The molecular formula is C12H15ClN2O6S. The zero-order valence-electron chi connectivity index (χ0n) is 12.0. The predicted octanol–water partition coefficient (Wildman–Crippen LogP) is 1.97. The Balaban J connectivity index is 3.36. The van der Waals surface area contributed by atoms with Crippen molar-refractivity contribution in [2.45, 2.75) is 13.8 Å². The third kappa shape index (κ3) is 4.31. The van der Waals surface area contributed by atoms with Gasteiger partial charge < -0.3 is 4.74 Å². The summed E-state index contributed by atoms with van der Waals surface area (Å²) in [5, 5.41) is 10.8. The van der Waals surface area contributed by atoms with Crippen LogP contribution in [0.25, 0.3) is 0 Å². The topological polar surface area (TPSA) is 107 Å². The Kier molecular flexibility index (Phi) is 6.12. The van der Waals surface area contributed by atoms with Gasteiger partial charge >= 0.3 is 5.97 Å². The molecular weight excluding hydrogens is 336 g/mol. The van der Waals surface area contributed by atoms with Crippen LogP contribution >= 0.6 is 11.6 Å². The number of hydrogen-bond donors (Lipinski definition) is 0. The Morgan fingerprint density at radius 2 is 2.05 bits per heavy atom. The number of carbonyl (C=O) groups is 1. The van der Waals surface area contributed by atoms with E-state index in [4.69, 9.17) is 16.3 Å². The number of hydrogen-bond acceptors (Lipinski definition) is 6. The molecule has 0 heterocycles. The lowest BCUT2D eigenvalue weighted by molar-refractivity contribution is -0.384. The highest BCUT2D eigenvalue weighted by molar-refractivity contribution is 7.92. The van der Waals surface area contributed by atoms with Crippen molar-refractivity contribution in [3.8, 4) is 0 Å². The Labute approximate surface area is 132 Å². The van der Waals surface area contributed by atoms with Crippen LogP contribution in [0.2, 0.25) is 5.02 Å². The third-order valence-corrected chi connectivity index (χ3v) is 4.73. The van der Waals surface area contributed by atoms with Gasteiger partial charge in [-0.15, -0.1) is 0 Å². The molecule has 10 heteroatoms. The first-order valence-corrected chi connectivity index (χ1v) is 8.31. The number of rotatable bonds is 7. The van der Waals surface area contributed by atoms with Gasteiger partial charge in [-0.05, 0) is 19.9 Å². The van der Waals surface area contributed by atoms with Crippen molar-refractivity contribution in [2.24, 2.45) is 0 Å². The second-order valence-electron chi connectivity index (χ2n) is 4.11. The Morgan fingerprint density at radius 3 is 2.55 bits per heavy atom. The summed E-state index contributed by atoms with van der Waals surface area (Å²) in [5.41, 5.74) is -0.467. The average Bonchev–Trinajstić information content (AvgIpc) is 2.45. The molecule has 1 aromatic rings. The van der Waals surface area contributed by atoms with Crippen molar-refractivity contribution >= 4 is 39.0 Å². The molecule has 1 rings (SSSR count). The van der Waals surface area contributed by atoms with E-state index in [0.717, 1.165) is 16.4 Å². The molecule has 0 N–H and O–H groups in total. The molecule has 1 aromatic carbocycles. The average molecular weight is 351 g/mol. The lowest BCUT2D eigenvalue weighted by atomic mass is 10.3. The third-order valence-electron chi connectivity index (χ3n) is 2.69. The monoisotopic (exact) mass is 350 g/mol. The molecule has 0 radical (unpaired) electrons. The van der Waals surface area contributed by atoms with Crippen LogP contribution in [0.4, 0.5) is 11.4 Å². The van der Waals surface area contributed by atoms with Gasteiger partial charge in [0.05, 0.1) is 28.0 Å². The lowest BCUT2D eigenvalue weighted by Crippen LogP contribution is -2.37. The van der Waals surface area contributed by atoms with E-state index in [1.54, 1.807) is 6.92 Å². The number of non-ortho nitro benzene ring substituents is 1. The number of anilines is 1. The van der Waals surface area contributed by atoms with E-state index >= 15 is 0 Å². The van der Waals surface area contributed by atoms with Crippen LogP contribution < -0.4 is 4.31 Å². The van der Waals surface area contributed by atoms with E-state index in [0.29, 0.717) is 0 Å². The van der Waals surface area contributed by atoms with Gasteiger partial charge in [0.1, 0.15) is 6.54 Å². The molecule has 0 bridgehead atoms. The standard InChI is InChI=1S/C12H15ClN2O6S/c1-3-21-12(16)8-14(22(19,20)4-2)11-7-9(15(17)18)5-6-10(11)13/h5-7H,3-4,8H2,1-2H3. The van der Waals surface area contributed by atoms with Gasteiger partial charge in [0.2, 0.25) is 10.0 Å². The van der Waals surface area contributed by atoms with Crippen molar-refractivity contribution < 1.29 is 22.9 Å². The summed E-state index contributed by atoms with van der Waals surface area (Å²) in [7, 11) is -3.87. The maximum absolute atomic E-state index is 12.2. The SMILES string of the molecule is CCOC(=O)CN(c1cc([N+](=O)[O-])ccc1Cl)S(=O)(=O)CC. The van der Waals surface area contributed by atoms with E-state index in [2.05, 4.69) is 0 Å². The molecule has 22 heavy (non-hydrogen) atoms. The highest BCUT2D eigenvalue weighted by Gasteiger charge is 2.27. The van der Waals surface area contributed by atoms with Crippen LogP contribution in [0.1, 0.15) is 13.8 Å². The highest BCUT2D eigenvalue weighted by Crippen LogP contribution is 2.31. The molecule has 0 fully saturated rings. The van der Waals surface area contributed by atoms with Gasteiger partial charge in [-0.1, -0.05) is 11.6 Å². The van der Waals surface area contributed by atoms with E-state index in [1.165, 1.54) is 13.0 Å². The number of halogens is 1. The molecule has 0 saturated heterocycles. The molecule has 122 valence electrons. The first-order chi connectivity index (χ1) is 10.2. The van der Waals surface area contributed by atoms with Crippen molar-refractivity contribution in [2.75, 3.05) is 23.2 Å². The summed E-state index contributed by atoms with van der Waals surface area (Å²) in [6.45, 7) is 2.45. The maximum Gasteiger partial charge on any atom is 0.326 e. The second kappa shape index (κ2) is 7.41. The van der Waals surface area contributed by atoms with Crippen molar-refractivity contribution in [3.05, 3.63) is 33.3 Å². The van der Waals surface area contributed by atoms with Crippen molar-refractivity contribution in [3.63, 3.8) is 0 Å².